The number of amides is 2. The van der Waals surface area contributed by atoms with Gasteiger partial charge in [0.05, 0.1) is 18.5 Å². The van der Waals surface area contributed by atoms with Crippen LogP contribution in [0.4, 0.5) is 38.4 Å². The highest BCUT2D eigenvalue weighted by Gasteiger charge is 2.21. The van der Waals surface area contributed by atoms with E-state index in [9.17, 15) is 9.59 Å². The molecule has 0 spiro atoms. The number of carbonyl (C=O) groups is 2. The molecule has 33 heavy (non-hydrogen) atoms. The van der Waals surface area contributed by atoms with Crippen LogP contribution >= 0.6 is 11.6 Å². The molecule has 0 fully saturated rings. The Morgan fingerprint density at radius 2 is 2.12 bits per heavy atom. The van der Waals surface area contributed by atoms with Crippen molar-refractivity contribution >= 4 is 52.6 Å². The minimum atomic E-state index is -0.705. The molecule has 2 amide bonds. The Hall–Kier alpha value is -4.06. The molecule has 0 bridgehead atoms. The van der Waals surface area contributed by atoms with Crippen molar-refractivity contribution in [2.45, 2.75) is 13.3 Å². The van der Waals surface area contributed by atoms with Gasteiger partial charge in [0.15, 0.2) is 11.6 Å². The molecule has 2 aromatic heterocycles. The number of aryl methyl sites for hydroxylation is 1. The third-order valence-electron chi connectivity index (χ3n) is 4.78. The Bertz CT molecular complexity index is 1220. The maximum Gasteiger partial charge on any atom is 0.414 e. The molecule has 3 N–H and O–H groups in total. The van der Waals surface area contributed by atoms with Crippen LogP contribution in [0, 0.1) is 6.92 Å². The molecular weight excluding hydrogens is 454 g/mol. The van der Waals surface area contributed by atoms with Gasteiger partial charge in [-0.15, -0.1) is 0 Å². The van der Waals surface area contributed by atoms with Crippen LogP contribution < -0.4 is 25.6 Å². The van der Waals surface area contributed by atoms with Crippen LogP contribution in [-0.2, 0) is 11.2 Å². The summed E-state index contributed by atoms with van der Waals surface area (Å²) in [6.45, 7) is 1.94. The molecule has 0 radical (unpaired) electrons. The predicted octanol–water partition coefficient (Wildman–Crippen LogP) is 3.76. The second-order valence-electron chi connectivity index (χ2n) is 6.97. The van der Waals surface area contributed by atoms with E-state index in [2.05, 4.69) is 31.1 Å². The number of nitrogens with zero attached hydrogens (tertiary/aromatic N) is 4. The Kier molecular flexibility index (Phi) is 6.18. The van der Waals surface area contributed by atoms with Gasteiger partial charge in [0.2, 0.25) is 5.95 Å². The minimum absolute atomic E-state index is 0.0670. The lowest BCUT2D eigenvalue weighted by Crippen LogP contribution is -2.25. The lowest BCUT2D eigenvalue weighted by Gasteiger charge is -2.17. The first-order chi connectivity index (χ1) is 15.9. The van der Waals surface area contributed by atoms with Crippen molar-refractivity contribution in [1.29, 1.82) is 0 Å². The van der Waals surface area contributed by atoms with Crippen molar-refractivity contribution in [3.8, 4) is 5.88 Å². The first-order valence-corrected chi connectivity index (χ1v) is 10.2. The normalized spacial score (nSPS) is 13.0. The highest BCUT2D eigenvalue weighted by molar-refractivity contribution is 6.33. The molecular formula is C20H20ClN7O5. The van der Waals surface area contributed by atoms with Crippen molar-refractivity contribution in [1.82, 2.24) is 20.4 Å². The molecule has 0 saturated heterocycles. The number of halogens is 1. The van der Waals surface area contributed by atoms with Gasteiger partial charge in [-0.2, -0.15) is 4.98 Å². The smallest absolute Gasteiger partial charge is 0.414 e. The number of hydrogen-bond donors (Lipinski definition) is 3. The van der Waals surface area contributed by atoms with Gasteiger partial charge in [0.1, 0.15) is 10.7 Å². The summed E-state index contributed by atoms with van der Waals surface area (Å²) < 4.78 is 15.3. The van der Waals surface area contributed by atoms with E-state index in [0.717, 1.165) is 16.9 Å². The zero-order chi connectivity index (χ0) is 23.5. The van der Waals surface area contributed by atoms with E-state index in [-0.39, 0.29) is 22.7 Å². The van der Waals surface area contributed by atoms with Crippen molar-refractivity contribution in [2.24, 2.45) is 0 Å². The molecule has 0 aliphatic carbocycles. The molecule has 1 aliphatic rings. The zero-order valence-corrected chi connectivity index (χ0v) is 18.7. The highest BCUT2D eigenvalue weighted by atomic mass is 35.5. The van der Waals surface area contributed by atoms with Gasteiger partial charge in [0, 0.05) is 26.2 Å². The van der Waals surface area contributed by atoms with Crippen LogP contribution in [0.5, 0.6) is 5.88 Å². The van der Waals surface area contributed by atoms with Crippen LogP contribution in [0.25, 0.3) is 0 Å². The number of carbonyl (C=O) groups excluding carboxylic acids is 2. The number of nitrogens with one attached hydrogen (secondary N) is 3. The Balaban J connectivity index is 1.57. The standard InChI is InChI=1S/C20H20ClN7O5/c1-10-15(17(27-33-10)32-19(29)22-2)25-16-13(21)9-23-18(26-16)24-12-4-5-14-11(8-12)6-7-31-20(30)28(14)3/h4-5,8-9H,6-7H2,1-3H3,(H,22,29)(H2,23,24,25,26). The van der Waals surface area contributed by atoms with Crippen molar-refractivity contribution in [3.63, 3.8) is 0 Å². The number of cyclic esters (lactones) is 1. The second-order valence-corrected chi connectivity index (χ2v) is 7.37. The number of anilines is 5. The Morgan fingerprint density at radius 1 is 1.30 bits per heavy atom. The fraction of sp³-hybridized carbons (Fsp3) is 0.250. The molecule has 1 aromatic carbocycles. The van der Waals surface area contributed by atoms with Crippen LogP contribution in [0.15, 0.2) is 28.9 Å². The summed E-state index contributed by atoms with van der Waals surface area (Å²) in [5.41, 5.74) is 2.73. The third-order valence-corrected chi connectivity index (χ3v) is 5.06. The summed E-state index contributed by atoms with van der Waals surface area (Å²) in [5, 5.41) is 12.4. The van der Waals surface area contributed by atoms with Crippen molar-refractivity contribution in [2.75, 3.05) is 36.2 Å². The topological polar surface area (TPSA) is 144 Å². The molecule has 3 aromatic rings. The van der Waals surface area contributed by atoms with E-state index >= 15 is 0 Å². The number of ether oxygens (including phenoxy) is 2. The maximum absolute atomic E-state index is 11.9. The van der Waals surface area contributed by atoms with Gasteiger partial charge in [-0.3, -0.25) is 4.90 Å². The van der Waals surface area contributed by atoms with E-state index in [4.69, 9.17) is 25.6 Å². The molecule has 3 heterocycles. The van der Waals surface area contributed by atoms with Gasteiger partial charge in [-0.1, -0.05) is 11.6 Å². The summed E-state index contributed by atoms with van der Waals surface area (Å²) in [4.78, 5) is 33.5. The van der Waals surface area contributed by atoms with Crippen LogP contribution in [-0.4, -0.2) is 48.0 Å². The molecule has 4 rings (SSSR count). The monoisotopic (exact) mass is 473 g/mol. The predicted molar refractivity (Wildman–Crippen MR) is 120 cm³/mol. The molecule has 0 atom stereocenters. The average molecular weight is 474 g/mol. The van der Waals surface area contributed by atoms with Gasteiger partial charge < -0.3 is 29.9 Å². The lowest BCUT2D eigenvalue weighted by atomic mass is 10.1. The summed E-state index contributed by atoms with van der Waals surface area (Å²) in [7, 11) is 3.08. The SMILES string of the molecule is CNC(=O)Oc1noc(C)c1Nc1nc(Nc2ccc3c(c2)CCOC(=O)N3C)ncc1Cl. The van der Waals surface area contributed by atoms with Crippen LogP contribution in [0.2, 0.25) is 5.02 Å². The lowest BCUT2D eigenvalue weighted by molar-refractivity contribution is 0.159. The zero-order valence-electron chi connectivity index (χ0n) is 17.9. The Morgan fingerprint density at radius 3 is 2.91 bits per heavy atom. The van der Waals surface area contributed by atoms with E-state index in [0.29, 0.717) is 24.5 Å². The summed E-state index contributed by atoms with van der Waals surface area (Å²) >= 11 is 6.26. The molecule has 0 saturated carbocycles. The Labute approximate surface area is 193 Å². The molecule has 12 nitrogen and oxygen atoms in total. The van der Waals surface area contributed by atoms with Crippen LogP contribution in [0.1, 0.15) is 11.3 Å². The average Bonchev–Trinajstić information content (AvgIpc) is 3.06. The van der Waals surface area contributed by atoms with Gasteiger partial charge in [0.25, 0.3) is 5.88 Å². The van der Waals surface area contributed by atoms with Crippen molar-refractivity contribution in [3.05, 3.63) is 40.7 Å². The van der Waals surface area contributed by atoms with Crippen molar-refractivity contribution < 1.29 is 23.6 Å². The van der Waals surface area contributed by atoms with Crippen LogP contribution in [0.3, 0.4) is 0 Å². The number of benzene rings is 1. The van der Waals surface area contributed by atoms with E-state index in [1.54, 1.807) is 20.0 Å². The minimum Gasteiger partial charge on any atom is -0.449 e. The maximum atomic E-state index is 11.9. The molecule has 172 valence electrons. The van der Waals surface area contributed by atoms with Gasteiger partial charge in [-0.05, 0) is 35.8 Å². The van der Waals surface area contributed by atoms with E-state index in [1.165, 1.54) is 18.1 Å². The summed E-state index contributed by atoms with van der Waals surface area (Å²) in [6.07, 6.45) is 0.903. The number of aromatic nitrogens is 3. The molecule has 0 unspecified atom stereocenters. The third kappa shape index (κ3) is 4.75. The fourth-order valence-electron chi connectivity index (χ4n) is 3.10. The largest absolute Gasteiger partial charge is 0.449 e. The first kappa shape index (κ1) is 22.1. The quantitative estimate of drug-likeness (QED) is 0.500. The van der Waals surface area contributed by atoms with E-state index < -0.39 is 12.2 Å². The second kappa shape index (κ2) is 9.20. The van der Waals surface area contributed by atoms with E-state index in [1.807, 2.05) is 12.1 Å². The highest BCUT2D eigenvalue weighted by Crippen LogP contribution is 2.33. The molecule has 13 heteroatoms. The fourth-order valence-corrected chi connectivity index (χ4v) is 3.24. The number of hydrogen-bond acceptors (Lipinski definition) is 10. The van der Waals surface area contributed by atoms with Gasteiger partial charge >= 0.3 is 12.2 Å². The van der Waals surface area contributed by atoms with Gasteiger partial charge in [-0.25, -0.2) is 14.6 Å². The first-order valence-electron chi connectivity index (χ1n) is 9.81. The molecule has 1 aliphatic heterocycles. The number of fused-ring (bicyclic) bond motifs is 1. The number of rotatable bonds is 5. The summed E-state index contributed by atoms with van der Waals surface area (Å²) in [6, 6.07) is 5.53. The summed E-state index contributed by atoms with van der Waals surface area (Å²) in [5.74, 6) is 0.808.